The first-order chi connectivity index (χ1) is 8.49. The van der Waals surface area contributed by atoms with Crippen molar-refractivity contribution in [2.75, 3.05) is 0 Å². The average molecular weight is 248 g/mol. The fraction of sp³-hybridized carbons (Fsp3) is 0.714. The van der Waals surface area contributed by atoms with Gasteiger partial charge in [0.2, 0.25) is 11.8 Å². The largest absolute Gasteiger partial charge is 0.273 e. The van der Waals surface area contributed by atoms with Crippen LogP contribution in [0.25, 0.3) is 0 Å². The number of carbonyl (C=O) groups excluding carboxylic acids is 2. The number of fused-ring (bicyclic) bond motifs is 1. The second kappa shape index (κ2) is 3.84. The predicted octanol–water partition coefficient (Wildman–Crippen LogP) is 1.68. The van der Waals surface area contributed by atoms with Gasteiger partial charge in [0.25, 0.3) is 0 Å². The number of hydrogen-bond donors (Lipinski definition) is 2. The van der Waals surface area contributed by atoms with Crippen molar-refractivity contribution in [3.05, 3.63) is 11.1 Å². The first-order valence-corrected chi connectivity index (χ1v) is 6.80. The second-order valence-electron chi connectivity index (χ2n) is 6.42. The van der Waals surface area contributed by atoms with Gasteiger partial charge in [0, 0.05) is 0 Å². The molecule has 2 atom stereocenters. The van der Waals surface area contributed by atoms with Crippen LogP contribution < -0.4 is 10.9 Å². The van der Waals surface area contributed by atoms with Crippen LogP contribution >= 0.6 is 0 Å². The molecule has 18 heavy (non-hydrogen) atoms. The van der Waals surface area contributed by atoms with Gasteiger partial charge in [-0.3, -0.25) is 20.4 Å². The van der Waals surface area contributed by atoms with E-state index in [-0.39, 0.29) is 29.1 Å². The van der Waals surface area contributed by atoms with Crippen molar-refractivity contribution in [1.29, 1.82) is 0 Å². The molecule has 3 aliphatic rings. The maximum absolute atomic E-state index is 11.9. The monoisotopic (exact) mass is 248 g/mol. The van der Waals surface area contributed by atoms with Crippen LogP contribution in [0.2, 0.25) is 0 Å². The van der Waals surface area contributed by atoms with Crippen LogP contribution in [-0.2, 0) is 9.59 Å². The van der Waals surface area contributed by atoms with Crippen LogP contribution in [0.5, 0.6) is 0 Å². The van der Waals surface area contributed by atoms with E-state index >= 15 is 0 Å². The Bertz CT molecular complexity index is 451. The van der Waals surface area contributed by atoms with Crippen molar-refractivity contribution in [1.82, 2.24) is 10.9 Å². The molecule has 2 aliphatic carbocycles. The molecule has 0 spiro atoms. The van der Waals surface area contributed by atoms with E-state index in [1.807, 2.05) is 0 Å². The standard InChI is InChI=1S/C14H20N2O2/c1-14(2)5-3-4-8-6-9-10(7-11(8)14)13(18)16-15-12(9)17/h9-10H,3-7H2,1-2H3,(H,15,17)(H,16,18). The zero-order valence-electron chi connectivity index (χ0n) is 11.0. The third-order valence-corrected chi connectivity index (χ3v) is 4.88. The Morgan fingerprint density at radius 3 is 2.33 bits per heavy atom. The summed E-state index contributed by atoms with van der Waals surface area (Å²) in [5.74, 6) is -0.344. The highest BCUT2D eigenvalue weighted by atomic mass is 16.2. The molecule has 2 unspecified atom stereocenters. The molecule has 4 nitrogen and oxygen atoms in total. The summed E-state index contributed by atoms with van der Waals surface area (Å²) in [6.45, 7) is 4.53. The summed E-state index contributed by atoms with van der Waals surface area (Å²) in [5.41, 5.74) is 8.07. The Morgan fingerprint density at radius 1 is 1.06 bits per heavy atom. The van der Waals surface area contributed by atoms with Crippen molar-refractivity contribution in [2.45, 2.75) is 46.0 Å². The Kier molecular flexibility index (Phi) is 2.50. The summed E-state index contributed by atoms with van der Waals surface area (Å²) in [5, 5.41) is 0. The maximum Gasteiger partial charge on any atom is 0.242 e. The van der Waals surface area contributed by atoms with Crippen molar-refractivity contribution in [3.8, 4) is 0 Å². The number of allylic oxidation sites excluding steroid dienone is 2. The summed E-state index contributed by atoms with van der Waals surface area (Å²) in [7, 11) is 0. The minimum absolute atomic E-state index is 0.0190. The van der Waals surface area contributed by atoms with Gasteiger partial charge >= 0.3 is 0 Å². The fourth-order valence-electron chi connectivity index (χ4n) is 3.80. The summed E-state index contributed by atoms with van der Waals surface area (Å²) in [4.78, 5) is 23.8. The molecule has 0 saturated carbocycles. The zero-order valence-corrected chi connectivity index (χ0v) is 11.0. The SMILES string of the molecule is CC1(C)CCCC2=C1CC1C(=O)NNC(=O)C1C2. The molecule has 1 saturated heterocycles. The molecule has 0 aromatic rings. The number of hydrogen-bond acceptors (Lipinski definition) is 2. The minimum atomic E-state index is -0.158. The minimum Gasteiger partial charge on any atom is -0.273 e. The number of nitrogens with one attached hydrogen (secondary N) is 2. The number of hydrazine groups is 1. The molecular formula is C14H20N2O2. The predicted molar refractivity (Wildman–Crippen MR) is 67.2 cm³/mol. The van der Waals surface area contributed by atoms with Crippen molar-refractivity contribution >= 4 is 11.8 Å². The van der Waals surface area contributed by atoms with Crippen LogP contribution in [0.4, 0.5) is 0 Å². The lowest BCUT2D eigenvalue weighted by Crippen LogP contribution is -2.57. The molecule has 4 heteroatoms. The van der Waals surface area contributed by atoms with Crippen LogP contribution in [0, 0.1) is 17.3 Å². The Labute approximate surface area is 107 Å². The molecule has 1 heterocycles. The van der Waals surface area contributed by atoms with Gasteiger partial charge < -0.3 is 0 Å². The van der Waals surface area contributed by atoms with Crippen LogP contribution in [-0.4, -0.2) is 11.8 Å². The molecule has 1 aliphatic heterocycles. The summed E-state index contributed by atoms with van der Waals surface area (Å²) < 4.78 is 0. The molecule has 0 aromatic heterocycles. The van der Waals surface area contributed by atoms with E-state index in [0.717, 1.165) is 19.3 Å². The van der Waals surface area contributed by atoms with E-state index < -0.39 is 0 Å². The Balaban J connectivity index is 1.97. The zero-order chi connectivity index (χ0) is 12.9. The van der Waals surface area contributed by atoms with E-state index in [1.165, 1.54) is 24.0 Å². The first-order valence-electron chi connectivity index (χ1n) is 6.80. The lowest BCUT2D eigenvalue weighted by Gasteiger charge is -2.44. The van der Waals surface area contributed by atoms with Gasteiger partial charge in [-0.05, 0) is 37.5 Å². The third kappa shape index (κ3) is 1.66. The molecule has 3 rings (SSSR count). The lowest BCUT2D eigenvalue weighted by molar-refractivity contribution is -0.143. The quantitative estimate of drug-likeness (QED) is 0.641. The number of amides is 2. The average Bonchev–Trinajstić information content (AvgIpc) is 2.33. The molecule has 0 aromatic carbocycles. The van der Waals surface area contributed by atoms with Crippen molar-refractivity contribution < 1.29 is 9.59 Å². The molecule has 2 N–H and O–H groups in total. The Hall–Kier alpha value is -1.32. The lowest BCUT2D eigenvalue weighted by atomic mass is 9.62. The smallest absolute Gasteiger partial charge is 0.242 e. The molecule has 1 fully saturated rings. The van der Waals surface area contributed by atoms with E-state index in [2.05, 4.69) is 24.7 Å². The topological polar surface area (TPSA) is 58.2 Å². The number of rotatable bonds is 0. The van der Waals surface area contributed by atoms with Gasteiger partial charge in [0.1, 0.15) is 0 Å². The van der Waals surface area contributed by atoms with Gasteiger partial charge in [0.15, 0.2) is 0 Å². The van der Waals surface area contributed by atoms with Crippen molar-refractivity contribution in [3.63, 3.8) is 0 Å². The van der Waals surface area contributed by atoms with Crippen molar-refractivity contribution in [2.24, 2.45) is 17.3 Å². The summed E-state index contributed by atoms with van der Waals surface area (Å²) in [6.07, 6.45) is 5.06. The van der Waals surface area contributed by atoms with Crippen LogP contribution in [0.3, 0.4) is 0 Å². The molecule has 98 valence electrons. The molecule has 0 radical (unpaired) electrons. The van der Waals surface area contributed by atoms with Gasteiger partial charge in [-0.1, -0.05) is 25.0 Å². The Morgan fingerprint density at radius 2 is 1.67 bits per heavy atom. The van der Waals surface area contributed by atoms with Crippen LogP contribution in [0.1, 0.15) is 46.0 Å². The fourth-order valence-corrected chi connectivity index (χ4v) is 3.80. The first kappa shape index (κ1) is 11.8. The van der Waals surface area contributed by atoms with E-state index in [4.69, 9.17) is 0 Å². The van der Waals surface area contributed by atoms with Gasteiger partial charge in [0.05, 0.1) is 11.8 Å². The number of carbonyl (C=O) groups is 2. The maximum atomic E-state index is 11.9. The molecular weight excluding hydrogens is 228 g/mol. The summed E-state index contributed by atoms with van der Waals surface area (Å²) >= 11 is 0. The van der Waals surface area contributed by atoms with Crippen LogP contribution in [0.15, 0.2) is 11.1 Å². The second-order valence-corrected chi connectivity index (χ2v) is 6.42. The van der Waals surface area contributed by atoms with Gasteiger partial charge in [-0.15, -0.1) is 0 Å². The molecule has 0 bridgehead atoms. The highest BCUT2D eigenvalue weighted by molar-refractivity contribution is 5.93. The normalized spacial score (nSPS) is 34.3. The summed E-state index contributed by atoms with van der Waals surface area (Å²) in [6, 6.07) is 0. The highest BCUT2D eigenvalue weighted by Gasteiger charge is 2.45. The van der Waals surface area contributed by atoms with E-state index in [0.29, 0.717) is 0 Å². The van der Waals surface area contributed by atoms with Gasteiger partial charge in [-0.2, -0.15) is 0 Å². The van der Waals surface area contributed by atoms with E-state index in [1.54, 1.807) is 0 Å². The highest BCUT2D eigenvalue weighted by Crippen LogP contribution is 2.49. The van der Waals surface area contributed by atoms with E-state index in [9.17, 15) is 9.59 Å². The van der Waals surface area contributed by atoms with Gasteiger partial charge in [-0.25, -0.2) is 0 Å². The molecule has 2 amide bonds. The third-order valence-electron chi connectivity index (χ3n) is 4.88.